The van der Waals surface area contributed by atoms with Crippen LogP contribution in [-0.2, 0) is 13.5 Å². The van der Waals surface area contributed by atoms with Gasteiger partial charge in [-0.2, -0.15) is 5.10 Å². The van der Waals surface area contributed by atoms with Gasteiger partial charge >= 0.3 is 6.03 Å². The lowest BCUT2D eigenvalue weighted by Gasteiger charge is -2.31. The first-order chi connectivity index (χ1) is 11.9. The van der Waals surface area contributed by atoms with Gasteiger partial charge in [-0.15, -0.1) is 0 Å². The van der Waals surface area contributed by atoms with Crippen molar-refractivity contribution in [2.45, 2.75) is 32.2 Å². The number of anilines is 1. The molecule has 8 heteroatoms. The van der Waals surface area contributed by atoms with Gasteiger partial charge in [-0.1, -0.05) is 0 Å². The topological polar surface area (TPSA) is 93.3 Å². The molecule has 1 aromatic heterocycles. The number of nitro benzene ring substituents is 1. The molecule has 1 unspecified atom stereocenters. The van der Waals surface area contributed by atoms with Gasteiger partial charge in [-0.05, 0) is 38.3 Å². The van der Waals surface area contributed by atoms with Gasteiger partial charge in [0.05, 0.1) is 17.2 Å². The van der Waals surface area contributed by atoms with Crippen molar-refractivity contribution in [1.82, 2.24) is 14.7 Å². The van der Waals surface area contributed by atoms with E-state index >= 15 is 0 Å². The first kappa shape index (κ1) is 16.9. The zero-order chi connectivity index (χ0) is 18.1. The predicted molar refractivity (Wildman–Crippen MR) is 93.5 cm³/mol. The van der Waals surface area contributed by atoms with Crippen LogP contribution >= 0.6 is 0 Å². The van der Waals surface area contributed by atoms with Crippen LogP contribution < -0.4 is 5.32 Å². The third-order valence-electron chi connectivity index (χ3n) is 4.78. The van der Waals surface area contributed by atoms with Gasteiger partial charge in [0.2, 0.25) is 0 Å². The molecule has 0 saturated heterocycles. The standard InChI is InChI=1S/C17H21N5O3/c1-11-9-12(7-8-14(11)22(24)25)19-17(23)20(2)15-5-4-6-16-13(15)10-18-21(16)3/h7-10,15H,4-6H2,1-3H3,(H,19,23). The molecule has 25 heavy (non-hydrogen) atoms. The number of nitro groups is 1. The minimum Gasteiger partial charge on any atom is -0.320 e. The van der Waals surface area contributed by atoms with Crippen LogP contribution in [0.2, 0.25) is 0 Å². The fourth-order valence-electron chi connectivity index (χ4n) is 3.38. The number of rotatable bonds is 3. The first-order valence-corrected chi connectivity index (χ1v) is 8.18. The number of aryl methyl sites for hydroxylation is 2. The molecule has 1 aromatic carbocycles. The monoisotopic (exact) mass is 343 g/mol. The zero-order valence-electron chi connectivity index (χ0n) is 14.5. The molecule has 2 aromatic rings. The normalized spacial score (nSPS) is 16.2. The summed E-state index contributed by atoms with van der Waals surface area (Å²) in [6, 6.07) is 4.31. The molecular formula is C17H21N5O3. The molecule has 1 aliphatic rings. The highest BCUT2D eigenvalue weighted by molar-refractivity contribution is 5.89. The summed E-state index contributed by atoms with van der Waals surface area (Å²) in [5.41, 5.74) is 3.35. The number of nitrogens with one attached hydrogen (secondary N) is 1. The third kappa shape index (κ3) is 3.19. The second kappa shape index (κ2) is 6.54. The summed E-state index contributed by atoms with van der Waals surface area (Å²) in [4.78, 5) is 24.7. The second-order valence-electron chi connectivity index (χ2n) is 6.38. The number of hydrogen-bond acceptors (Lipinski definition) is 4. The predicted octanol–water partition coefficient (Wildman–Crippen LogP) is 3.18. The summed E-state index contributed by atoms with van der Waals surface area (Å²) in [6.45, 7) is 1.65. The molecule has 0 aliphatic heterocycles. The van der Waals surface area contributed by atoms with E-state index in [4.69, 9.17) is 0 Å². The Morgan fingerprint density at radius 2 is 2.24 bits per heavy atom. The van der Waals surface area contributed by atoms with Gasteiger partial charge in [0, 0.05) is 42.7 Å². The van der Waals surface area contributed by atoms with Crippen LogP contribution in [0.1, 0.15) is 35.7 Å². The number of benzene rings is 1. The fraction of sp³-hybridized carbons (Fsp3) is 0.412. The van der Waals surface area contributed by atoms with Crippen molar-refractivity contribution in [3.63, 3.8) is 0 Å². The number of hydrogen-bond donors (Lipinski definition) is 1. The maximum Gasteiger partial charge on any atom is 0.322 e. The number of carbonyl (C=O) groups is 1. The molecule has 1 aliphatic carbocycles. The van der Waals surface area contributed by atoms with Crippen LogP contribution in [0.15, 0.2) is 24.4 Å². The minimum atomic E-state index is -0.432. The SMILES string of the molecule is Cc1cc(NC(=O)N(C)C2CCCc3c2cnn3C)ccc1[N+](=O)[O-]. The number of carbonyl (C=O) groups excluding carboxylic acids is 1. The van der Waals surface area contributed by atoms with Crippen LogP contribution in [0.5, 0.6) is 0 Å². The molecule has 0 saturated carbocycles. The Balaban J connectivity index is 1.76. The smallest absolute Gasteiger partial charge is 0.320 e. The van der Waals surface area contributed by atoms with Crippen LogP contribution in [-0.4, -0.2) is 32.7 Å². The van der Waals surface area contributed by atoms with E-state index in [1.165, 1.54) is 11.8 Å². The maximum atomic E-state index is 12.6. The van der Waals surface area contributed by atoms with E-state index < -0.39 is 4.92 Å². The molecule has 1 heterocycles. The third-order valence-corrected chi connectivity index (χ3v) is 4.78. The molecule has 1 N–H and O–H groups in total. The van der Waals surface area contributed by atoms with Crippen LogP contribution in [0.4, 0.5) is 16.2 Å². The van der Waals surface area contributed by atoms with E-state index in [2.05, 4.69) is 10.4 Å². The average molecular weight is 343 g/mol. The highest BCUT2D eigenvalue weighted by Gasteiger charge is 2.29. The summed E-state index contributed by atoms with van der Waals surface area (Å²) >= 11 is 0. The first-order valence-electron chi connectivity index (χ1n) is 8.18. The Morgan fingerprint density at radius 3 is 2.92 bits per heavy atom. The molecule has 3 rings (SSSR count). The summed E-state index contributed by atoms with van der Waals surface area (Å²) in [5.74, 6) is 0. The fourth-order valence-corrected chi connectivity index (χ4v) is 3.38. The molecule has 1 atom stereocenters. The molecule has 8 nitrogen and oxygen atoms in total. The van der Waals surface area contributed by atoms with Crippen molar-refractivity contribution in [2.24, 2.45) is 7.05 Å². The van der Waals surface area contributed by atoms with Crippen molar-refractivity contribution >= 4 is 17.4 Å². The number of aromatic nitrogens is 2. The lowest BCUT2D eigenvalue weighted by atomic mass is 9.92. The second-order valence-corrected chi connectivity index (χ2v) is 6.38. The van der Waals surface area contributed by atoms with Gasteiger partial charge in [0.25, 0.3) is 5.69 Å². The highest BCUT2D eigenvalue weighted by atomic mass is 16.6. The number of urea groups is 1. The van der Waals surface area contributed by atoms with Crippen LogP contribution in [0, 0.1) is 17.0 Å². The van der Waals surface area contributed by atoms with E-state index in [-0.39, 0.29) is 17.8 Å². The van der Waals surface area contributed by atoms with Gasteiger partial charge in [0.1, 0.15) is 0 Å². The number of amides is 2. The highest BCUT2D eigenvalue weighted by Crippen LogP contribution is 2.33. The molecule has 2 amide bonds. The van der Waals surface area contributed by atoms with Crippen molar-refractivity contribution in [3.8, 4) is 0 Å². The van der Waals surface area contributed by atoms with E-state index in [0.717, 1.165) is 24.8 Å². The molecule has 132 valence electrons. The Morgan fingerprint density at radius 1 is 1.48 bits per heavy atom. The lowest BCUT2D eigenvalue weighted by molar-refractivity contribution is -0.385. The molecule has 0 radical (unpaired) electrons. The van der Waals surface area contributed by atoms with Crippen molar-refractivity contribution in [2.75, 3.05) is 12.4 Å². The van der Waals surface area contributed by atoms with E-state index in [0.29, 0.717) is 11.3 Å². The van der Waals surface area contributed by atoms with E-state index in [1.54, 1.807) is 31.0 Å². The van der Waals surface area contributed by atoms with Gasteiger partial charge < -0.3 is 10.2 Å². The Labute approximate surface area is 145 Å². The maximum absolute atomic E-state index is 12.6. The van der Waals surface area contributed by atoms with Crippen molar-refractivity contribution < 1.29 is 9.72 Å². The Hall–Kier alpha value is -2.90. The van der Waals surface area contributed by atoms with Crippen LogP contribution in [0.3, 0.4) is 0 Å². The van der Waals surface area contributed by atoms with Gasteiger partial charge in [-0.25, -0.2) is 4.79 Å². The molecular weight excluding hydrogens is 322 g/mol. The molecule has 0 spiro atoms. The van der Waals surface area contributed by atoms with E-state index in [9.17, 15) is 14.9 Å². The van der Waals surface area contributed by atoms with Gasteiger partial charge in [0.15, 0.2) is 0 Å². The zero-order valence-corrected chi connectivity index (χ0v) is 14.5. The Kier molecular flexibility index (Phi) is 4.43. The largest absolute Gasteiger partial charge is 0.322 e. The quantitative estimate of drug-likeness (QED) is 0.684. The number of nitrogens with zero attached hydrogens (tertiary/aromatic N) is 4. The summed E-state index contributed by atoms with van der Waals surface area (Å²) < 4.78 is 1.87. The summed E-state index contributed by atoms with van der Waals surface area (Å²) in [5, 5.41) is 18.0. The van der Waals surface area contributed by atoms with E-state index in [1.807, 2.05) is 17.9 Å². The lowest BCUT2D eigenvalue weighted by Crippen LogP contribution is -2.36. The molecule has 0 fully saturated rings. The van der Waals surface area contributed by atoms with Crippen LogP contribution in [0.25, 0.3) is 0 Å². The average Bonchev–Trinajstić information content (AvgIpc) is 2.95. The summed E-state index contributed by atoms with van der Waals surface area (Å²) in [7, 11) is 3.68. The Bertz CT molecular complexity index is 830. The van der Waals surface area contributed by atoms with Gasteiger partial charge in [-0.3, -0.25) is 14.8 Å². The molecule has 0 bridgehead atoms. The minimum absolute atomic E-state index is 0.0170. The summed E-state index contributed by atoms with van der Waals surface area (Å²) in [6.07, 6.45) is 4.70. The number of fused-ring (bicyclic) bond motifs is 1. The van der Waals surface area contributed by atoms with Crippen molar-refractivity contribution in [1.29, 1.82) is 0 Å². The van der Waals surface area contributed by atoms with Crippen molar-refractivity contribution in [3.05, 3.63) is 51.3 Å².